The minimum absolute atomic E-state index is 0.197. The van der Waals surface area contributed by atoms with Gasteiger partial charge in [-0.1, -0.05) is 0 Å². The number of ether oxygens (including phenoxy) is 2. The molecule has 1 aromatic carbocycles. The van der Waals surface area contributed by atoms with Gasteiger partial charge < -0.3 is 14.0 Å². The van der Waals surface area contributed by atoms with E-state index in [2.05, 4.69) is 4.57 Å². The van der Waals surface area contributed by atoms with Crippen LogP contribution >= 0.6 is 0 Å². The number of aromatic nitrogens is 1. The molecule has 0 saturated heterocycles. The molecule has 2 aliphatic rings. The fraction of sp³-hybridized carbons (Fsp3) is 0.375. The summed E-state index contributed by atoms with van der Waals surface area (Å²) < 4.78 is 40.7. The molecule has 2 aliphatic heterocycles. The summed E-state index contributed by atoms with van der Waals surface area (Å²) in [6, 6.07) is 8.53. The summed E-state index contributed by atoms with van der Waals surface area (Å²) in [7, 11) is -3.58. The average molecular weight is 334 g/mol. The quantitative estimate of drug-likeness (QED) is 0.843. The Balaban J connectivity index is 1.71. The van der Waals surface area contributed by atoms with Crippen molar-refractivity contribution >= 4 is 10.0 Å². The van der Waals surface area contributed by atoms with Crippen LogP contribution < -0.4 is 9.47 Å². The van der Waals surface area contributed by atoms with Crippen LogP contribution in [0.3, 0.4) is 0 Å². The van der Waals surface area contributed by atoms with Gasteiger partial charge in [-0.2, -0.15) is 4.31 Å². The van der Waals surface area contributed by atoms with Crippen molar-refractivity contribution in [2.45, 2.75) is 24.4 Å². The summed E-state index contributed by atoms with van der Waals surface area (Å²) >= 11 is 0. The maximum absolute atomic E-state index is 13.0. The molecule has 1 atom stereocenters. The number of rotatable bonds is 2. The van der Waals surface area contributed by atoms with Crippen LogP contribution in [0.2, 0.25) is 0 Å². The van der Waals surface area contributed by atoms with Gasteiger partial charge in [-0.3, -0.25) is 0 Å². The molecule has 1 unspecified atom stereocenters. The molecule has 0 radical (unpaired) electrons. The predicted octanol–water partition coefficient (Wildman–Crippen LogP) is 2.02. The maximum atomic E-state index is 13.0. The minimum Gasteiger partial charge on any atom is -0.486 e. The molecule has 0 aliphatic carbocycles. The molecule has 0 saturated carbocycles. The highest BCUT2D eigenvalue weighted by atomic mass is 32.2. The molecular formula is C16H18N2O4S. The molecular weight excluding hydrogens is 316 g/mol. The largest absolute Gasteiger partial charge is 0.486 e. The van der Waals surface area contributed by atoms with E-state index in [0.29, 0.717) is 37.8 Å². The number of benzene rings is 1. The van der Waals surface area contributed by atoms with Crippen molar-refractivity contribution in [3.8, 4) is 11.5 Å². The SMILES string of the molecule is CC1c2cccn2CCN1S(=O)(=O)c1ccc2c(c1)OCCO2. The van der Waals surface area contributed by atoms with Crippen molar-refractivity contribution in [1.29, 1.82) is 0 Å². The number of hydrogen-bond acceptors (Lipinski definition) is 4. The zero-order chi connectivity index (χ0) is 16.0. The molecule has 0 N–H and O–H groups in total. The molecule has 2 aromatic rings. The Hall–Kier alpha value is -1.99. The highest BCUT2D eigenvalue weighted by molar-refractivity contribution is 7.89. The Morgan fingerprint density at radius 2 is 1.87 bits per heavy atom. The van der Waals surface area contributed by atoms with Gasteiger partial charge in [-0.15, -0.1) is 0 Å². The predicted molar refractivity (Wildman–Crippen MR) is 84.2 cm³/mol. The zero-order valence-electron chi connectivity index (χ0n) is 12.8. The van der Waals surface area contributed by atoms with Gasteiger partial charge in [0.15, 0.2) is 11.5 Å². The minimum atomic E-state index is -3.58. The number of fused-ring (bicyclic) bond motifs is 2. The molecule has 1 aromatic heterocycles. The summed E-state index contributed by atoms with van der Waals surface area (Å²) in [5.41, 5.74) is 1.01. The van der Waals surface area contributed by atoms with Crippen molar-refractivity contribution in [2.75, 3.05) is 19.8 Å². The summed E-state index contributed by atoms with van der Waals surface area (Å²) in [5, 5.41) is 0. The van der Waals surface area contributed by atoms with E-state index in [9.17, 15) is 8.42 Å². The molecule has 0 bridgehead atoms. The Bertz CT molecular complexity index is 844. The first-order valence-corrected chi connectivity index (χ1v) is 9.08. The second-order valence-corrected chi connectivity index (χ2v) is 7.61. The summed E-state index contributed by atoms with van der Waals surface area (Å²) in [6.45, 7) is 3.96. The third kappa shape index (κ3) is 2.31. The lowest BCUT2D eigenvalue weighted by atomic mass is 10.2. The second-order valence-electron chi connectivity index (χ2n) is 5.72. The molecule has 6 nitrogen and oxygen atoms in total. The van der Waals surface area contributed by atoms with Crippen molar-refractivity contribution in [3.05, 3.63) is 42.2 Å². The van der Waals surface area contributed by atoms with E-state index in [1.807, 2.05) is 25.3 Å². The van der Waals surface area contributed by atoms with E-state index in [0.717, 1.165) is 5.69 Å². The Morgan fingerprint density at radius 1 is 1.09 bits per heavy atom. The lowest BCUT2D eigenvalue weighted by molar-refractivity contribution is 0.171. The third-order valence-electron chi connectivity index (χ3n) is 4.41. The van der Waals surface area contributed by atoms with Gasteiger partial charge in [0, 0.05) is 31.0 Å². The van der Waals surface area contributed by atoms with E-state index in [-0.39, 0.29) is 10.9 Å². The van der Waals surface area contributed by atoms with Crippen LogP contribution in [0.1, 0.15) is 18.7 Å². The van der Waals surface area contributed by atoms with E-state index in [1.54, 1.807) is 22.5 Å². The van der Waals surface area contributed by atoms with Crippen LogP contribution in [-0.2, 0) is 16.6 Å². The van der Waals surface area contributed by atoms with Gasteiger partial charge in [0.2, 0.25) is 10.0 Å². The fourth-order valence-corrected chi connectivity index (χ4v) is 4.82. The lowest BCUT2D eigenvalue weighted by Gasteiger charge is -2.34. The number of hydrogen-bond donors (Lipinski definition) is 0. The molecule has 0 amide bonds. The first-order chi connectivity index (χ1) is 11.1. The summed E-state index contributed by atoms with van der Waals surface area (Å²) in [5.74, 6) is 1.08. The van der Waals surface area contributed by atoms with Gasteiger partial charge in [0.25, 0.3) is 0 Å². The monoisotopic (exact) mass is 334 g/mol. The third-order valence-corrected chi connectivity index (χ3v) is 6.37. The fourth-order valence-electron chi connectivity index (χ4n) is 3.21. The first-order valence-electron chi connectivity index (χ1n) is 7.64. The molecule has 0 fully saturated rings. The molecule has 122 valence electrons. The van der Waals surface area contributed by atoms with Crippen molar-refractivity contribution in [2.24, 2.45) is 0 Å². The van der Waals surface area contributed by atoms with Crippen molar-refractivity contribution in [1.82, 2.24) is 8.87 Å². The van der Waals surface area contributed by atoms with Crippen molar-refractivity contribution < 1.29 is 17.9 Å². The second kappa shape index (κ2) is 5.28. The summed E-state index contributed by atoms with van der Waals surface area (Å²) in [6.07, 6.45) is 1.99. The molecule has 4 rings (SSSR count). The Morgan fingerprint density at radius 3 is 2.70 bits per heavy atom. The summed E-state index contributed by atoms with van der Waals surface area (Å²) in [4.78, 5) is 0.244. The van der Waals surface area contributed by atoms with Crippen LogP contribution in [0.5, 0.6) is 11.5 Å². The van der Waals surface area contributed by atoms with E-state index in [4.69, 9.17) is 9.47 Å². The maximum Gasteiger partial charge on any atom is 0.243 e. The normalized spacial score (nSPS) is 21.0. The van der Waals surface area contributed by atoms with Crippen LogP contribution in [0.25, 0.3) is 0 Å². The van der Waals surface area contributed by atoms with E-state index in [1.165, 1.54) is 0 Å². The highest BCUT2D eigenvalue weighted by Gasteiger charge is 2.34. The van der Waals surface area contributed by atoms with Gasteiger partial charge >= 0.3 is 0 Å². The Kier molecular flexibility index (Phi) is 3.35. The molecule has 3 heterocycles. The van der Waals surface area contributed by atoms with Crippen LogP contribution in [0.4, 0.5) is 0 Å². The van der Waals surface area contributed by atoms with E-state index < -0.39 is 10.0 Å². The van der Waals surface area contributed by atoms with Crippen LogP contribution in [-0.4, -0.2) is 37.0 Å². The molecule has 0 spiro atoms. The van der Waals surface area contributed by atoms with Gasteiger partial charge in [0.1, 0.15) is 13.2 Å². The van der Waals surface area contributed by atoms with Gasteiger partial charge in [-0.05, 0) is 31.2 Å². The van der Waals surface area contributed by atoms with Gasteiger partial charge in [0.05, 0.1) is 10.9 Å². The standard InChI is InChI=1S/C16H18N2O4S/c1-12-14-3-2-6-17(14)7-8-18(12)23(19,20)13-4-5-15-16(11-13)22-10-9-21-15/h2-6,11-12H,7-10H2,1H3. The molecule has 23 heavy (non-hydrogen) atoms. The number of nitrogens with zero attached hydrogens (tertiary/aromatic N) is 2. The Labute approximate surface area is 135 Å². The molecule has 7 heteroatoms. The lowest BCUT2D eigenvalue weighted by Crippen LogP contribution is -2.40. The van der Waals surface area contributed by atoms with E-state index >= 15 is 0 Å². The topological polar surface area (TPSA) is 60.8 Å². The van der Waals surface area contributed by atoms with Crippen LogP contribution in [0, 0.1) is 0 Å². The smallest absolute Gasteiger partial charge is 0.243 e. The average Bonchev–Trinajstić information content (AvgIpc) is 3.04. The van der Waals surface area contributed by atoms with Crippen molar-refractivity contribution in [3.63, 3.8) is 0 Å². The van der Waals surface area contributed by atoms with Crippen LogP contribution in [0.15, 0.2) is 41.4 Å². The first kappa shape index (κ1) is 14.6. The number of sulfonamides is 1. The highest BCUT2D eigenvalue weighted by Crippen LogP contribution is 2.36. The van der Waals surface area contributed by atoms with Gasteiger partial charge in [-0.25, -0.2) is 8.42 Å². The zero-order valence-corrected chi connectivity index (χ0v) is 13.6.